The lowest BCUT2D eigenvalue weighted by atomic mass is 10.1. The van der Waals surface area contributed by atoms with E-state index >= 15 is 0 Å². The van der Waals surface area contributed by atoms with Crippen LogP contribution >= 0.6 is 0 Å². The molecule has 0 aliphatic carbocycles. The van der Waals surface area contributed by atoms with E-state index in [-0.39, 0.29) is 6.04 Å². The van der Waals surface area contributed by atoms with Gasteiger partial charge in [0.2, 0.25) is 6.41 Å². The number of benzene rings is 1. The fourth-order valence-corrected chi connectivity index (χ4v) is 1.87. The van der Waals surface area contributed by atoms with Crippen LogP contribution in [0.2, 0.25) is 0 Å². The average molecular weight is 188 g/mol. The molecule has 3 nitrogen and oxygen atoms in total. The Kier molecular flexibility index (Phi) is 2.31. The largest absolute Gasteiger partial charge is 0.306 e. The molecule has 0 spiro atoms. The number of fused-ring (bicyclic) bond motifs is 1. The molecule has 1 aromatic rings. The minimum atomic E-state index is 0.0925. The van der Waals surface area contributed by atoms with E-state index in [1.54, 1.807) is 11.9 Å². The summed E-state index contributed by atoms with van der Waals surface area (Å²) in [6, 6.07) is 8.05. The molecular weight excluding hydrogens is 176 g/mol. The maximum atomic E-state index is 10.9. The van der Waals surface area contributed by atoms with Crippen LogP contribution in [0.1, 0.15) is 5.56 Å². The number of hydrogen-bond donors (Lipinski definition) is 0. The van der Waals surface area contributed by atoms with Crippen molar-refractivity contribution in [1.29, 1.82) is 0 Å². The maximum absolute atomic E-state index is 10.9. The molecule has 0 saturated heterocycles. The monoisotopic (exact) mass is 188 g/mol. The first-order valence-corrected chi connectivity index (χ1v) is 4.60. The van der Waals surface area contributed by atoms with Gasteiger partial charge in [0.25, 0.3) is 0 Å². The number of amides is 1. The summed E-state index contributed by atoms with van der Waals surface area (Å²) >= 11 is 0. The SMILES string of the molecule is CN=CC1Cc2ccccc2N1C=O. The quantitative estimate of drug-likeness (QED) is 0.508. The number of nitrogens with zero attached hydrogens (tertiary/aromatic N) is 2. The van der Waals surface area contributed by atoms with Gasteiger partial charge >= 0.3 is 0 Å². The number of para-hydroxylation sites is 1. The number of anilines is 1. The topological polar surface area (TPSA) is 32.7 Å². The molecule has 0 fully saturated rings. The zero-order valence-electron chi connectivity index (χ0n) is 8.05. The highest BCUT2D eigenvalue weighted by molar-refractivity contribution is 5.89. The van der Waals surface area contributed by atoms with E-state index in [0.717, 1.165) is 18.5 Å². The van der Waals surface area contributed by atoms with Crippen LogP contribution in [0.5, 0.6) is 0 Å². The average Bonchev–Trinajstić information content (AvgIpc) is 2.55. The van der Waals surface area contributed by atoms with Gasteiger partial charge in [0.05, 0.1) is 6.04 Å². The van der Waals surface area contributed by atoms with Crippen molar-refractivity contribution in [3.8, 4) is 0 Å². The highest BCUT2D eigenvalue weighted by Crippen LogP contribution is 2.29. The highest BCUT2D eigenvalue weighted by Gasteiger charge is 2.26. The van der Waals surface area contributed by atoms with Gasteiger partial charge in [-0.05, 0) is 11.6 Å². The molecule has 1 atom stereocenters. The molecule has 1 unspecified atom stereocenters. The summed E-state index contributed by atoms with van der Waals surface area (Å²) in [6.07, 6.45) is 3.55. The van der Waals surface area contributed by atoms with Crippen LogP contribution in [0.25, 0.3) is 0 Å². The smallest absolute Gasteiger partial charge is 0.214 e. The Morgan fingerprint density at radius 3 is 3.00 bits per heavy atom. The molecule has 0 N–H and O–H groups in total. The third kappa shape index (κ3) is 1.31. The summed E-state index contributed by atoms with van der Waals surface area (Å²) < 4.78 is 0. The Morgan fingerprint density at radius 2 is 2.29 bits per heavy atom. The van der Waals surface area contributed by atoms with Crippen LogP contribution in [0.15, 0.2) is 29.3 Å². The molecule has 72 valence electrons. The van der Waals surface area contributed by atoms with Crippen LogP contribution in [0.3, 0.4) is 0 Å². The number of rotatable bonds is 2. The van der Waals surface area contributed by atoms with Crippen molar-refractivity contribution in [3.05, 3.63) is 29.8 Å². The summed E-state index contributed by atoms with van der Waals surface area (Å²) in [5.41, 5.74) is 2.22. The lowest BCUT2D eigenvalue weighted by Gasteiger charge is -2.16. The standard InChI is InChI=1S/C11H12N2O/c1-12-7-10-6-9-4-2-3-5-11(9)13(10)8-14/h2-5,7-8,10H,6H2,1H3. The lowest BCUT2D eigenvalue weighted by Crippen LogP contribution is -2.31. The molecule has 1 heterocycles. The predicted octanol–water partition coefficient (Wildman–Crippen LogP) is 1.27. The number of carbonyl (C=O) groups is 1. The molecule has 14 heavy (non-hydrogen) atoms. The minimum absolute atomic E-state index is 0.0925. The first-order chi connectivity index (χ1) is 6.86. The van der Waals surface area contributed by atoms with Crippen LogP contribution in [0.4, 0.5) is 5.69 Å². The molecule has 3 heteroatoms. The Hall–Kier alpha value is -1.64. The van der Waals surface area contributed by atoms with E-state index in [1.165, 1.54) is 5.56 Å². The van der Waals surface area contributed by atoms with Crippen LogP contribution < -0.4 is 4.90 Å². The molecule has 1 aliphatic rings. The van der Waals surface area contributed by atoms with Gasteiger partial charge in [0.1, 0.15) is 0 Å². The molecule has 1 amide bonds. The molecule has 0 radical (unpaired) electrons. The second kappa shape index (κ2) is 3.62. The highest BCUT2D eigenvalue weighted by atomic mass is 16.1. The molecule has 1 aromatic carbocycles. The van der Waals surface area contributed by atoms with Gasteiger partial charge < -0.3 is 4.90 Å². The van der Waals surface area contributed by atoms with Crippen molar-refractivity contribution in [2.24, 2.45) is 4.99 Å². The first kappa shape index (κ1) is 8.94. The van der Waals surface area contributed by atoms with Gasteiger partial charge in [0, 0.05) is 25.4 Å². The number of carbonyl (C=O) groups excluding carboxylic acids is 1. The Morgan fingerprint density at radius 1 is 1.50 bits per heavy atom. The Balaban J connectivity index is 2.38. The van der Waals surface area contributed by atoms with Crippen LogP contribution in [0, 0.1) is 0 Å². The maximum Gasteiger partial charge on any atom is 0.214 e. The molecule has 1 aliphatic heterocycles. The fraction of sp³-hybridized carbons (Fsp3) is 0.273. The molecule has 0 bridgehead atoms. The summed E-state index contributed by atoms with van der Waals surface area (Å²) in [5, 5.41) is 0. The summed E-state index contributed by atoms with van der Waals surface area (Å²) in [6.45, 7) is 0. The fourth-order valence-electron chi connectivity index (χ4n) is 1.87. The molecule has 2 rings (SSSR count). The van der Waals surface area contributed by atoms with E-state index < -0.39 is 0 Å². The van der Waals surface area contributed by atoms with Crippen LogP contribution in [-0.2, 0) is 11.2 Å². The predicted molar refractivity (Wildman–Crippen MR) is 56.9 cm³/mol. The van der Waals surface area contributed by atoms with Gasteiger partial charge in [0.15, 0.2) is 0 Å². The van der Waals surface area contributed by atoms with E-state index in [1.807, 2.05) is 24.4 Å². The third-order valence-electron chi connectivity index (χ3n) is 2.49. The van der Waals surface area contributed by atoms with Crippen molar-refractivity contribution in [3.63, 3.8) is 0 Å². The van der Waals surface area contributed by atoms with Crippen molar-refractivity contribution < 1.29 is 4.79 Å². The van der Waals surface area contributed by atoms with Gasteiger partial charge in [-0.25, -0.2) is 0 Å². The Bertz CT molecular complexity index is 373. The molecule has 0 aromatic heterocycles. The van der Waals surface area contributed by atoms with Gasteiger partial charge in [-0.1, -0.05) is 18.2 Å². The van der Waals surface area contributed by atoms with Crippen molar-refractivity contribution in [2.45, 2.75) is 12.5 Å². The van der Waals surface area contributed by atoms with E-state index in [2.05, 4.69) is 11.1 Å². The van der Waals surface area contributed by atoms with E-state index in [4.69, 9.17) is 0 Å². The second-order valence-electron chi connectivity index (χ2n) is 3.32. The summed E-state index contributed by atoms with van der Waals surface area (Å²) in [4.78, 5) is 16.6. The van der Waals surface area contributed by atoms with Gasteiger partial charge in [-0.15, -0.1) is 0 Å². The number of hydrogen-bond acceptors (Lipinski definition) is 2. The summed E-state index contributed by atoms with van der Waals surface area (Å²) in [5.74, 6) is 0. The van der Waals surface area contributed by atoms with E-state index in [0.29, 0.717) is 0 Å². The van der Waals surface area contributed by atoms with Gasteiger partial charge in [-0.2, -0.15) is 0 Å². The zero-order chi connectivity index (χ0) is 9.97. The molecular formula is C11H12N2O. The van der Waals surface area contributed by atoms with Crippen molar-refractivity contribution in [1.82, 2.24) is 0 Å². The molecule has 0 saturated carbocycles. The van der Waals surface area contributed by atoms with Crippen LogP contribution in [-0.4, -0.2) is 25.7 Å². The Labute approximate surface area is 83.1 Å². The summed E-state index contributed by atoms with van der Waals surface area (Å²) in [7, 11) is 1.73. The van der Waals surface area contributed by atoms with Gasteiger partial charge in [-0.3, -0.25) is 9.79 Å². The van der Waals surface area contributed by atoms with Crippen molar-refractivity contribution >= 4 is 18.3 Å². The van der Waals surface area contributed by atoms with Crippen molar-refractivity contribution in [2.75, 3.05) is 11.9 Å². The normalized spacial score (nSPS) is 20.1. The second-order valence-corrected chi connectivity index (χ2v) is 3.32. The third-order valence-corrected chi connectivity index (χ3v) is 2.49. The number of aliphatic imine (C=N–C) groups is 1. The zero-order valence-corrected chi connectivity index (χ0v) is 8.05. The minimum Gasteiger partial charge on any atom is -0.306 e. The first-order valence-electron chi connectivity index (χ1n) is 4.60. The van der Waals surface area contributed by atoms with E-state index in [9.17, 15) is 4.79 Å². The lowest BCUT2D eigenvalue weighted by molar-refractivity contribution is -0.107.